The molecule has 76 valence electrons. The fourth-order valence-corrected chi connectivity index (χ4v) is 2.08. The molecule has 1 saturated carbocycles. The molecular weight excluding hydrogens is 172 g/mol. The third-order valence-corrected chi connectivity index (χ3v) is 3.25. The van der Waals surface area contributed by atoms with Gasteiger partial charge >= 0.3 is 0 Å². The molecule has 0 atom stereocenters. The zero-order valence-electron chi connectivity index (χ0n) is 8.79. The van der Waals surface area contributed by atoms with E-state index in [1.165, 1.54) is 17.5 Å². The Morgan fingerprint density at radius 2 is 2.14 bits per heavy atom. The van der Waals surface area contributed by atoms with E-state index in [2.05, 4.69) is 31.2 Å². The van der Waals surface area contributed by atoms with Crippen LogP contribution in [0.4, 0.5) is 0 Å². The van der Waals surface area contributed by atoms with Gasteiger partial charge < -0.3 is 5.11 Å². The first-order valence-corrected chi connectivity index (χ1v) is 5.46. The number of hydrogen-bond donors (Lipinski definition) is 1. The highest BCUT2D eigenvalue weighted by Crippen LogP contribution is 2.35. The summed E-state index contributed by atoms with van der Waals surface area (Å²) >= 11 is 0. The van der Waals surface area contributed by atoms with E-state index >= 15 is 0 Å². The van der Waals surface area contributed by atoms with Crippen molar-refractivity contribution in [1.29, 1.82) is 0 Å². The SMILES string of the molecule is Cc1cccc(CCC2(O)CCC2)c1. The van der Waals surface area contributed by atoms with Crippen molar-refractivity contribution in [1.82, 2.24) is 0 Å². The zero-order chi connectivity index (χ0) is 10.0. The highest BCUT2D eigenvalue weighted by atomic mass is 16.3. The molecule has 1 heteroatoms. The van der Waals surface area contributed by atoms with Crippen LogP contribution in [0.5, 0.6) is 0 Å². The maximum absolute atomic E-state index is 9.94. The van der Waals surface area contributed by atoms with Gasteiger partial charge in [0.15, 0.2) is 0 Å². The van der Waals surface area contributed by atoms with Gasteiger partial charge in [-0.3, -0.25) is 0 Å². The highest BCUT2D eigenvalue weighted by molar-refractivity contribution is 5.22. The Labute approximate surface area is 85.8 Å². The van der Waals surface area contributed by atoms with Gasteiger partial charge in [0.25, 0.3) is 0 Å². The maximum Gasteiger partial charge on any atom is 0.0651 e. The number of hydrogen-bond acceptors (Lipinski definition) is 1. The lowest BCUT2D eigenvalue weighted by Gasteiger charge is -2.36. The van der Waals surface area contributed by atoms with E-state index in [0.717, 1.165) is 25.7 Å². The molecule has 0 amide bonds. The van der Waals surface area contributed by atoms with Crippen LogP contribution in [0.15, 0.2) is 24.3 Å². The number of benzene rings is 1. The Kier molecular flexibility index (Phi) is 2.60. The predicted molar refractivity (Wildman–Crippen MR) is 58.3 cm³/mol. The van der Waals surface area contributed by atoms with Crippen LogP contribution in [-0.2, 0) is 6.42 Å². The molecule has 0 saturated heterocycles. The summed E-state index contributed by atoms with van der Waals surface area (Å²) in [6, 6.07) is 8.56. The van der Waals surface area contributed by atoms with Crippen molar-refractivity contribution in [3.8, 4) is 0 Å². The van der Waals surface area contributed by atoms with Gasteiger partial charge in [-0.15, -0.1) is 0 Å². The summed E-state index contributed by atoms with van der Waals surface area (Å²) in [5.74, 6) is 0. The molecule has 2 rings (SSSR count). The lowest BCUT2D eigenvalue weighted by molar-refractivity contribution is -0.0397. The molecule has 0 bridgehead atoms. The molecule has 1 aliphatic rings. The van der Waals surface area contributed by atoms with E-state index < -0.39 is 0 Å². The van der Waals surface area contributed by atoms with E-state index in [9.17, 15) is 5.11 Å². The molecule has 14 heavy (non-hydrogen) atoms. The molecule has 1 N–H and O–H groups in total. The minimum atomic E-state index is -0.330. The van der Waals surface area contributed by atoms with Crippen LogP contribution in [0, 0.1) is 6.92 Å². The van der Waals surface area contributed by atoms with Crippen molar-refractivity contribution in [3.05, 3.63) is 35.4 Å². The van der Waals surface area contributed by atoms with Gasteiger partial charge in [0.05, 0.1) is 5.60 Å². The van der Waals surface area contributed by atoms with Crippen LogP contribution in [-0.4, -0.2) is 10.7 Å². The van der Waals surface area contributed by atoms with Crippen molar-refractivity contribution in [2.45, 2.75) is 44.6 Å². The summed E-state index contributed by atoms with van der Waals surface area (Å²) in [5.41, 5.74) is 2.33. The molecule has 1 aromatic carbocycles. The van der Waals surface area contributed by atoms with Gasteiger partial charge in [-0.2, -0.15) is 0 Å². The van der Waals surface area contributed by atoms with Crippen LogP contribution in [0.1, 0.15) is 36.8 Å². The van der Waals surface area contributed by atoms with Gasteiger partial charge in [0.2, 0.25) is 0 Å². The minimum Gasteiger partial charge on any atom is -0.390 e. The number of aryl methyl sites for hydroxylation is 2. The van der Waals surface area contributed by atoms with Gasteiger partial charge in [-0.05, 0) is 44.6 Å². The first-order valence-electron chi connectivity index (χ1n) is 5.46. The zero-order valence-corrected chi connectivity index (χ0v) is 8.79. The van der Waals surface area contributed by atoms with Crippen LogP contribution in [0.25, 0.3) is 0 Å². The van der Waals surface area contributed by atoms with Crippen molar-refractivity contribution in [3.63, 3.8) is 0 Å². The smallest absolute Gasteiger partial charge is 0.0651 e. The monoisotopic (exact) mass is 190 g/mol. The van der Waals surface area contributed by atoms with Crippen LogP contribution >= 0.6 is 0 Å². The normalized spacial score (nSPS) is 19.0. The quantitative estimate of drug-likeness (QED) is 0.777. The minimum absolute atomic E-state index is 0.330. The van der Waals surface area contributed by atoms with Gasteiger partial charge in [0, 0.05) is 0 Å². The first-order chi connectivity index (χ1) is 6.68. The molecule has 0 unspecified atom stereocenters. The highest BCUT2D eigenvalue weighted by Gasteiger charge is 2.33. The summed E-state index contributed by atoms with van der Waals surface area (Å²) < 4.78 is 0. The fraction of sp³-hybridized carbons (Fsp3) is 0.538. The lowest BCUT2D eigenvalue weighted by atomic mass is 9.76. The van der Waals surface area contributed by atoms with Crippen LogP contribution in [0.3, 0.4) is 0 Å². The molecule has 0 spiro atoms. The van der Waals surface area contributed by atoms with E-state index in [0.29, 0.717) is 0 Å². The topological polar surface area (TPSA) is 20.2 Å². The number of aliphatic hydroxyl groups is 1. The summed E-state index contributed by atoms with van der Waals surface area (Å²) in [4.78, 5) is 0. The Morgan fingerprint density at radius 1 is 1.36 bits per heavy atom. The van der Waals surface area contributed by atoms with E-state index in [1.807, 2.05) is 0 Å². The second-order valence-corrected chi connectivity index (χ2v) is 4.57. The predicted octanol–water partition coefficient (Wildman–Crippen LogP) is 2.84. The second-order valence-electron chi connectivity index (χ2n) is 4.57. The molecule has 0 aromatic heterocycles. The van der Waals surface area contributed by atoms with E-state index in [-0.39, 0.29) is 5.60 Å². The summed E-state index contributed by atoms with van der Waals surface area (Å²) in [6.07, 6.45) is 5.14. The average Bonchev–Trinajstić information content (AvgIpc) is 2.12. The molecule has 0 heterocycles. The van der Waals surface area contributed by atoms with Crippen molar-refractivity contribution in [2.24, 2.45) is 0 Å². The molecule has 0 aliphatic heterocycles. The Hall–Kier alpha value is -0.820. The van der Waals surface area contributed by atoms with E-state index in [1.54, 1.807) is 0 Å². The summed E-state index contributed by atoms with van der Waals surface area (Å²) in [5, 5.41) is 9.94. The second kappa shape index (κ2) is 3.74. The van der Waals surface area contributed by atoms with Gasteiger partial charge in [0.1, 0.15) is 0 Å². The van der Waals surface area contributed by atoms with Crippen molar-refractivity contribution in [2.75, 3.05) is 0 Å². The standard InChI is InChI=1S/C13H18O/c1-11-4-2-5-12(10-11)6-9-13(14)7-3-8-13/h2,4-5,10,14H,3,6-9H2,1H3. The fourth-order valence-electron chi connectivity index (χ4n) is 2.08. The molecule has 1 aliphatic carbocycles. The largest absolute Gasteiger partial charge is 0.390 e. The summed E-state index contributed by atoms with van der Waals surface area (Å²) in [7, 11) is 0. The Bertz CT molecular complexity index is 313. The van der Waals surface area contributed by atoms with E-state index in [4.69, 9.17) is 0 Å². The average molecular weight is 190 g/mol. The van der Waals surface area contributed by atoms with Gasteiger partial charge in [-0.25, -0.2) is 0 Å². The third-order valence-electron chi connectivity index (χ3n) is 3.25. The first kappa shape index (κ1) is 9.72. The molecule has 1 nitrogen and oxygen atoms in total. The van der Waals surface area contributed by atoms with Crippen molar-refractivity contribution >= 4 is 0 Å². The molecular formula is C13H18O. The van der Waals surface area contributed by atoms with Crippen LogP contribution in [0.2, 0.25) is 0 Å². The Balaban J connectivity index is 1.91. The molecule has 1 aromatic rings. The summed E-state index contributed by atoms with van der Waals surface area (Å²) in [6.45, 7) is 2.11. The molecule has 1 fully saturated rings. The maximum atomic E-state index is 9.94. The number of rotatable bonds is 3. The lowest BCUT2D eigenvalue weighted by Crippen LogP contribution is -2.36. The van der Waals surface area contributed by atoms with Crippen LogP contribution < -0.4 is 0 Å². The van der Waals surface area contributed by atoms with Gasteiger partial charge in [-0.1, -0.05) is 29.8 Å². The molecule has 0 radical (unpaired) electrons. The third kappa shape index (κ3) is 2.16. The Morgan fingerprint density at radius 3 is 2.71 bits per heavy atom. The van der Waals surface area contributed by atoms with Crippen molar-refractivity contribution < 1.29 is 5.11 Å².